The first-order valence-corrected chi connectivity index (χ1v) is 8.44. The van der Waals surface area contributed by atoms with Crippen molar-refractivity contribution in [3.05, 3.63) is 24.3 Å². The van der Waals surface area contributed by atoms with Gasteiger partial charge in [-0.25, -0.2) is 0 Å². The third kappa shape index (κ3) is 4.04. The van der Waals surface area contributed by atoms with Crippen LogP contribution in [0.25, 0.3) is 0 Å². The summed E-state index contributed by atoms with van der Waals surface area (Å²) in [5.74, 6) is 0.323. The Balaban J connectivity index is 2.03. The molecule has 0 aromatic heterocycles. The maximum Gasteiger partial charge on any atom is 0.242 e. The van der Waals surface area contributed by atoms with E-state index in [1.165, 1.54) is 11.8 Å². The molecule has 0 radical (unpaired) electrons. The van der Waals surface area contributed by atoms with E-state index in [2.05, 4.69) is 10.3 Å². The molecule has 1 atom stereocenters. The number of methoxy groups -OCH3 is 1. The number of para-hydroxylation sites is 2. The second-order valence-corrected chi connectivity index (χ2v) is 6.07. The number of benzene rings is 1. The van der Waals surface area contributed by atoms with Crippen molar-refractivity contribution < 1.29 is 14.3 Å². The summed E-state index contributed by atoms with van der Waals surface area (Å²) in [6, 6.07) is 7.19. The number of anilines is 1. The van der Waals surface area contributed by atoms with E-state index in [4.69, 9.17) is 4.74 Å². The van der Waals surface area contributed by atoms with Gasteiger partial charge in [0.2, 0.25) is 11.8 Å². The van der Waals surface area contributed by atoms with Crippen LogP contribution >= 0.6 is 11.8 Å². The fraction of sp³-hybridized carbons (Fsp3) is 0.438. The van der Waals surface area contributed by atoms with Crippen LogP contribution in [0, 0.1) is 0 Å². The maximum atomic E-state index is 12.4. The van der Waals surface area contributed by atoms with Crippen molar-refractivity contribution in [2.75, 3.05) is 25.5 Å². The summed E-state index contributed by atoms with van der Waals surface area (Å²) in [7, 11) is 1.55. The molecule has 1 N–H and O–H groups in total. The summed E-state index contributed by atoms with van der Waals surface area (Å²) < 4.78 is 5.21. The van der Waals surface area contributed by atoms with Crippen molar-refractivity contribution in [3.63, 3.8) is 0 Å². The molecule has 2 rings (SSSR count). The highest BCUT2D eigenvalue weighted by molar-refractivity contribution is 8.15. The Hall–Kier alpha value is -2.02. The van der Waals surface area contributed by atoms with Gasteiger partial charge < -0.3 is 10.1 Å². The molecule has 0 spiro atoms. The van der Waals surface area contributed by atoms with Gasteiger partial charge in [-0.2, -0.15) is 0 Å². The third-order valence-electron chi connectivity index (χ3n) is 3.38. The van der Waals surface area contributed by atoms with Crippen molar-refractivity contribution in [3.8, 4) is 5.75 Å². The van der Waals surface area contributed by atoms with Crippen LogP contribution in [0.2, 0.25) is 0 Å². The van der Waals surface area contributed by atoms with Crippen LogP contribution in [0.4, 0.5) is 5.69 Å². The number of carbonyl (C=O) groups excluding carboxylic acids is 2. The number of nitrogens with one attached hydrogen (secondary N) is 1. The molecule has 0 saturated carbocycles. The van der Waals surface area contributed by atoms with E-state index in [0.717, 1.165) is 0 Å². The molecule has 1 aliphatic heterocycles. The fourth-order valence-corrected chi connectivity index (χ4v) is 3.57. The minimum atomic E-state index is -0.421. The van der Waals surface area contributed by atoms with Crippen LogP contribution in [-0.2, 0) is 9.59 Å². The molecule has 124 valence electrons. The lowest BCUT2D eigenvalue weighted by atomic mass is 10.2. The Labute approximate surface area is 140 Å². The molecule has 2 amide bonds. The monoisotopic (exact) mass is 335 g/mol. The summed E-state index contributed by atoms with van der Waals surface area (Å²) >= 11 is 1.36. The molecule has 0 aliphatic carbocycles. The Morgan fingerprint density at radius 2 is 2.13 bits per heavy atom. The highest BCUT2D eigenvalue weighted by atomic mass is 32.2. The molecule has 6 nitrogen and oxygen atoms in total. The van der Waals surface area contributed by atoms with Crippen LogP contribution < -0.4 is 10.1 Å². The van der Waals surface area contributed by atoms with Crippen LogP contribution in [0.15, 0.2) is 29.3 Å². The van der Waals surface area contributed by atoms with E-state index >= 15 is 0 Å². The lowest BCUT2D eigenvalue weighted by molar-refractivity contribution is -0.128. The number of hydrogen-bond donors (Lipinski definition) is 1. The van der Waals surface area contributed by atoms with Crippen molar-refractivity contribution in [1.29, 1.82) is 0 Å². The molecule has 7 heteroatoms. The van der Waals surface area contributed by atoms with Crippen LogP contribution in [0.3, 0.4) is 0 Å². The van der Waals surface area contributed by atoms with Gasteiger partial charge in [-0.3, -0.25) is 19.5 Å². The Morgan fingerprint density at radius 1 is 1.39 bits per heavy atom. The standard InChI is InChI=1S/C16H21N3O3S/c1-4-17-16-19(5-2)15(21)13(23-16)10-14(20)18-11-8-6-7-9-12(11)22-3/h6-9,13H,4-5,10H2,1-3H3,(H,18,20). The highest BCUT2D eigenvalue weighted by Gasteiger charge is 2.38. The SMILES string of the molecule is CCN=C1SC(CC(=O)Nc2ccccc2OC)C(=O)N1CC. The van der Waals surface area contributed by atoms with Crippen molar-refractivity contribution in [2.45, 2.75) is 25.5 Å². The Kier molecular flexibility index (Phi) is 6.04. The lowest BCUT2D eigenvalue weighted by Crippen LogP contribution is -2.33. The first-order valence-electron chi connectivity index (χ1n) is 7.56. The first kappa shape index (κ1) is 17.3. The van der Waals surface area contributed by atoms with E-state index in [0.29, 0.717) is 29.7 Å². The average molecular weight is 335 g/mol. The first-order chi connectivity index (χ1) is 11.1. The molecular formula is C16H21N3O3S. The van der Waals surface area contributed by atoms with Crippen molar-refractivity contribution in [2.24, 2.45) is 4.99 Å². The summed E-state index contributed by atoms with van der Waals surface area (Å²) in [5.41, 5.74) is 0.602. The number of thioether (sulfide) groups is 1. The summed E-state index contributed by atoms with van der Waals surface area (Å²) in [4.78, 5) is 30.6. The number of nitrogens with zero attached hydrogens (tertiary/aromatic N) is 2. The third-order valence-corrected chi connectivity index (χ3v) is 4.59. The highest BCUT2D eigenvalue weighted by Crippen LogP contribution is 2.30. The van der Waals surface area contributed by atoms with Crippen molar-refractivity contribution in [1.82, 2.24) is 4.90 Å². The van der Waals surface area contributed by atoms with E-state index in [1.54, 1.807) is 24.1 Å². The van der Waals surface area contributed by atoms with Gasteiger partial charge in [0.15, 0.2) is 5.17 Å². The maximum absolute atomic E-state index is 12.4. The predicted molar refractivity (Wildman–Crippen MR) is 93.0 cm³/mol. The zero-order valence-corrected chi connectivity index (χ0v) is 14.4. The topological polar surface area (TPSA) is 71.0 Å². The number of amidine groups is 1. The number of carbonyl (C=O) groups is 2. The Morgan fingerprint density at radius 3 is 2.78 bits per heavy atom. The molecule has 1 unspecified atom stereocenters. The van der Waals surface area contributed by atoms with Crippen molar-refractivity contribution >= 4 is 34.4 Å². The normalized spacial score (nSPS) is 19.3. The average Bonchev–Trinajstić information content (AvgIpc) is 2.83. The molecular weight excluding hydrogens is 314 g/mol. The van der Waals surface area contributed by atoms with E-state index in [1.807, 2.05) is 26.0 Å². The number of rotatable bonds is 6. The number of amides is 2. The zero-order chi connectivity index (χ0) is 16.8. The number of ether oxygens (including phenoxy) is 1. The van der Waals surface area contributed by atoms with Crippen LogP contribution in [0.1, 0.15) is 20.3 Å². The van der Waals surface area contributed by atoms with Gasteiger partial charge in [0.25, 0.3) is 0 Å². The van der Waals surface area contributed by atoms with Gasteiger partial charge in [-0.1, -0.05) is 23.9 Å². The van der Waals surface area contributed by atoms with E-state index < -0.39 is 5.25 Å². The predicted octanol–water partition coefficient (Wildman–Crippen LogP) is 2.36. The van der Waals surface area contributed by atoms with Gasteiger partial charge in [-0.05, 0) is 26.0 Å². The van der Waals surface area contributed by atoms with E-state index in [-0.39, 0.29) is 18.2 Å². The molecule has 1 aromatic carbocycles. The van der Waals surface area contributed by atoms with Crippen LogP contribution in [-0.4, -0.2) is 47.3 Å². The van der Waals surface area contributed by atoms with Gasteiger partial charge in [0.1, 0.15) is 11.0 Å². The van der Waals surface area contributed by atoms with E-state index in [9.17, 15) is 9.59 Å². The minimum Gasteiger partial charge on any atom is -0.495 e. The van der Waals surface area contributed by atoms with Gasteiger partial charge in [-0.15, -0.1) is 0 Å². The molecule has 1 fully saturated rings. The molecule has 1 heterocycles. The van der Waals surface area contributed by atoms with Gasteiger partial charge in [0, 0.05) is 19.5 Å². The summed E-state index contributed by atoms with van der Waals surface area (Å²) in [6.07, 6.45) is 0.112. The molecule has 23 heavy (non-hydrogen) atoms. The number of hydrogen-bond acceptors (Lipinski definition) is 5. The Bertz CT molecular complexity index is 618. The summed E-state index contributed by atoms with van der Waals surface area (Å²) in [5, 5.41) is 3.08. The second-order valence-electron chi connectivity index (χ2n) is 4.90. The smallest absolute Gasteiger partial charge is 0.242 e. The quantitative estimate of drug-likeness (QED) is 0.866. The molecule has 1 aromatic rings. The van der Waals surface area contributed by atoms with Gasteiger partial charge in [0.05, 0.1) is 12.8 Å². The second kappa shape index (κ2) is 8.01. The lowest BCUT2D eigenvalue weighted by Gasteiger charge is -2.13. The largest absolute Gasteiger partial charge is 0.495 e. The molecule has 1 aliphatic rings. The fourth-order valence-electron chi connectivity index (χ4n) is 2.30. The zero-order valence-electron chi connectivity index (χ0n) is 13.5. The molecule has 1 saturated heterocycles. The number of aliphatic imine (C=N–C) groups is 1. The molecule has 0 bridgehead atoms. The minimum absolute atomic E-state index is 0.0557. The van der Waals surface area contributed by atoms with Gasteiger partial charge >= 0.3 is 0 Å². The summed E-state index contributed by atoms with van der Waals surface area (Å²) in [6.45, 7) is 5.01. The van der Waals surface area contributed by atoms with Crippen LogP contribution in [0.5, 0.6) is 5.75 Å².